The zero-order valence-electron chi connectivity index (χ0n) is 16.4. The predicted octanol–water partition coefficient (Wildman–Crippen LogP) is 3.74. The van der Waals surface area contributed by atoms with Crippen LogP contribution in [0.4, 0.5) is 5.69 Å². The average Bonchev–Trinajstić information content (AvgIpc) is 2.74. The van der Waals surface area contributed by atoms with Crippen molar-refractivity contribution in [1.29, 1.82) is 0 Å². The first-order valence-corrected chi connectivity index (χ1v) is 9.69. The maximum absolute atomic E-state index is 12.7. The highest BCUT2D eigenvalue weighted by Crippen LogP contribution is 2.31. The van der Waals surface area contributed by atoms with E-state index in [1.165, 1.54) is 13.0 Å². The van der Waals surface area contributed by atoms with E-state index in [1.807, 2.05) is 30.3 Å². The van der Waals surface area contributed by atoms with Gasteiger partial charge in [0, 0.05) is 28.9 Å². The first-order valence-electron chi connectivity index (χ1n) is 9.69. The van der Waals surface area contributed by atoms with Crippen LogP contribution in [-0.4, -0.2) is 22.5 Å². The molecule has 0 bridgehead atoms. The number of aromatic nitrogens is 1. The number of aromatic amines is 1. The Hall–Kier alpha value is -3.80. The second kappa shape index (κ2) is 7.91. The van der Waals surface area contributed by atoms with E-state index in [9.17, 15) is 19.2 Å². The summed E-state index contributed by atoms with van der Waals surface area (Å²) in [6.07, 6.45) is 0.866. The van der Waals surface area contributed by atoms with Crippen molar-refractivity contribution in [3.8, 4) is 0 Å². The molecular formula is C24H20N2O4. The topological polar surface area (TPSA) is 96.1 Å². The van der Waals surface area contributed by atoms with Crippen LogP contribution >= 0.6 is 0 Å². The van der Waals surface area contributed by atoms with E-state index >= 15 is 0 Å². The minimum Gasteiger partial charge on any atom is -0.325 e. The van der Waals surface area contributed by atoms with Crippen molar-refractivity contribution >= 4 is 23.2 Å². The Labute approximate surface area is 173 Å². The molecule has 1 aromatic heterocycles. The second-order valence-corrected chi connectivity index (χ2v) is 7.43. The molecule has 6 heteroatoms. The molecule has 1 heterocycles. The van der Waals surface area contributed by atoms with Crippen molar-refractivity contribution in [2.24, 2.45) is 0 Å². The molecule has 1 aliphatic rings. The molecular weight excluding hydrogens is 380 g/mol. The highest BCUT2D eigenvalue weighted by atomic mass is 16.2. The van der Waals surface area contributed by atoms with E-state index in [2.05, 4.69) is 10.3 Å². The van der Waals surface area contributed by atoms with Crippen molar-refractivity contribution in [2.45, 2.75) is 25.7 Å². The summed E-state index contributed by atoms with van der Waals surface area (Å²) in [5.41, 5.74) is 2.33. The van der Waals surface area contributed by atoms with E-state index in [0.717, 1.165) is 5.56 Å². The first-order chi connectivity index (χ1) is 14.4. The van der Waals surface area contributed by atoms with Gasteiger partial charge in [0.15, 0.2) is 11.6 Å². The van der Waals surface area contributed by atoms with Gasteiger partial charge in [-0.2, -0.15) is 0 Å². The van der Waals surface area contributed by atoms with Crippen LogP contribution in [0.3, 0.4) is 0 Å². The lowest BCUT2D eigenvalue weighted by atomic mass is 9.81. The number of anilines is 1. The molecule has 0 saturated heterocycles. The van der Waals surface area contributed by atoms with Crippen LogP contribution in [0.15, 0.2) is 65.5 Å². The number of pyridine rings is 1. The molecule has 3 aromatic rings. The lowest BCUT2D eigenvalue weighted by molar-refractivity contribution is 0.0961. The lowest BCUT2D eigenvalue weighted by Gasteiger charge is -2.24. The molecule has 0 spiro atoms. The Balaban J connectivity index is 1.58. The zero-order chi connectivity index (χ0) is 21.3. The highest BCUT2D eigenvalue weighted by molar-refractivity contribution is 6.07. The summed E-state index contributed by atoms with van der Waals surface area (Å²) in [5.74, 6) is -0.776. The van der Waals surface area contributed by atoms with Crippen molar-refractivity contribution in [1.82, 2.24) is 4.98 Å². The third kappa shape index (κ3) is 3.85. The van der Waals surface area contributed by atoms with Gasteiger partial charge in [0.05, 0.1) is 0 Å². The summed E-state index contributed by atoms with van der Waals surface area (Å²) >= 11 is 0. The van der Waals surface area contributed by atoms with Crippen LogP contribution in [-0.2, 0) is 6.42 Å². The standard InChI is InChI=1S/C24H20N2O4/c1-14(27)15-7-9-18(10-8-15)25-23(29)20-13-19-21(26-24(20)30)11-17(12-22(19)28)16-5-3-2-4-6-16/h2-10,13,17H,11-12H2,1H3,(H,25,29)(H,26,30)/t17-/m1/s1. The molecule has 30 heavy (non-hydrogen) atoms. The summed E-state index contributed by atoms with van der Waals surface area (Å²) < 4.78 is 0. The molecule has 0 aliphatic heterocycles. The van der Waals surface area contributed by atoms with Gasteiger partial charge in [-0.1, -0.05) is 30.3 Å². The fourth-order valence-electron chi connectivity index (χ4n) is 3.75. The number of fused-ring (bicyclic) bond motifs is 1. The first kappa shape index (κ1) is 19.5. The summed E-state index contributed by atoms with van der Waals surface area (Å²) in [6, 6.07) is 17.5. The third-order valence-electron chi connectivity index (χ3n) is 5.37. The minimum absolute atomic E-state index is 0.00122. The highest BCUT2D eigenvalue weighted by Gasteiger charge is 2.28. The number of ketones is 2. The van der Waals surface area contributed by atoms with Crippen LogP contribution in [0.2, 0.25) is 0 Å². The largest absolute Gasteiger partial charge is 0.325 e. The van der Waals surface area contributed by atoms with Crippen molar-refractivity contribution in [2.75, 3.05) is 5.32 Å². The van der Waals surface area contributed by atoms with E-state index in [1.54, 1.807) is 24.3 Å². The molecule has 1 amide bonds. The van der Waals surface area contributed by atoms with E-state index in [0.29, 0.717) is 35.3 Å². The maximum Gasteiger partial charge on any atom is 0.261 e. The Bertz CT molecular complexity index is 1190. The number of amides is 1. The van der Waals surface area contributed by atoms with Crippen LogP contribution in [0.5, 0.6) is 0 Å². The molecule has 2 aromatic carbocycles. The monoisotopic (exact) mass is 400 g/mol. The van der Waals surface area contributed by atoms with E-state index in [4.69, 9.17) is 0 Å². The molecule has 0 radical (unpaired) electrons. The van der Waals surface area contributed by atoms with Crippen LogP contribution in [0, 0.1) is 0 Å². The minimum atomic E-state index is -0.604. The predicted molar refractivity (Wildman–Crippen MR) is 113 cm³/mol. The van der Waals surface area contributed by atoms with Gasteiger partial charge < -0.3 is 10.3 Å². The molecule has 4 rings (SSSR count). The fraction of sp³-hybridized carbons (Fsp3) is 0.167. The molecule has 150 valence electrons. The van der Waals surface area contributed by atoms with E-state index in [-0.39, 0.29) is 23.0 Å². The number of hydrogen-bond acceptors (Lipinski definition) is 4. The number of carbonyl (C=O) groups is 3. The van der Waals surface area contributed by atoms with Crippen molar-refractivity contribution < 1.29 is 14.4 Å². The molecule has 2 N–H and O–H groups in total. The van der Waals surface area contributed by atoms with Gasteiger partial charge in [-0.15, -0.1) is 0 Å². The second-order valence-electron chi connectivity index (χ2n) is 7.43. The summed E-state index contributed by atoms with van der Waals surface area (Å²) in [4.78, 5) is 52.0. The van der Waals surface area contributed by atoms with Crippen molar-refractivity contribution in [3.63, 3.8) is 0 Å². The van der Waals surface area contributed by atoms with Crippen molar-refractivity contribution in [3.05, 3.63) is 99.0 Å². The zero-order valence-corrected chi connectivity index (χ0v) is 16.4. The smallest absolute Gasteiger partial charge is 0.261 e. The van der Waals surface area contributed by atoms with Gasteiger partial charge in [-0.25, -0.2) is 0 Å². The molecule has 6 nitrogen and oxygen atoms in total. The van der Waals surface area contributed by atoms with Gasteiger partial charge in [0.1, 0.15) is 5.56 Å². The quantitative estimate of drug-likeness (QED) is 0.652. The SMILES string of the molecule is CC(=O)c1ccc(NC(=O)c2cc3c([nH]c2=O)C[C@@H](c2ccccc2)CC3=O)cc1. The number of rotatable bonds is 4. The Morgan fingerprint density at radius 3 is 2.33 bits per heavy atom. The molecule has 0 unspecified atom stereocenters. The molecule has 1 aliphatic carbocycles. The van der Waals surface area contributed by atoms with Gasteiger partial charge in [-0.05, 0) is 55.2 Å². The summed E-state index contributed by atoms with van der Waals surface area (Å²) in [6.45, 7) is 1.46. The van der Waals surface area contributed by atoms with Gasteiger partial charge >= 0.3 is 0 Å². The fourth-order valence-corrected chi connectivity index (χ4v) is 3.75. The Morgan fingerprint density at radius 1 is 0.967 bits per heavy atom. The van der Waals surface area contributed by atoms with Crippen LogP contribution in [0.1, 0.15) is 61.6 Å². The molecule has 0 fully saturated rings. The van der Waals surface area contributed by atoms with Gasteiger partial charge in [-0.3, -0.25) is 19.2 Å². The lowest BCUT2D eigenvalue weighted by Crippen LogP contribution is -2.29. The number of carbonyl (C=O) groups excluding carboxylic acids is 3. The molecule has 0 saturated carbocycles. The van der Waals surface area contributed by atoms with Crippen LogP contribution in [0.25, 0.3) is 0 Å². The third-order valence-corrected chi connectivity index (χ3v) is 5.37. The Kier molecular flexibility index (Phi) is 5.14. The average molecular weight is 400 g/mol. The summed E-state index contributed by atoms with van der Waals surface area (Å²) in [5, 5.41) is 2.64. The van der Waals surface area contributed by atoms with E-state index < -0.39 is 11.5 Å². The number of H-pyrrole nitrogens is 1. The normalized spacial score (nSPS) is 15.4. The number of hydrogen-bond donors (Lipinski definition) is 2. The number of Topliss-reactive ketones (excluding diaryl/α,β-unsaturated/α-hetero) is 2. The maximum atomic E-state index is 12.7. The number of benzene rings is 2. The summed E-state index contributed by atoms with van der Waals surface area (Å²) in [7, 11) is 0. The number of nitrogens with one attached hydrogen (secondary N) is 2. The van der Waals surface area contributed by atoms with Crippen LogP contribution < -0.4 is 10.9 Å². The van der Waals surface area contributed by atoms with Gasteiger partial charge in [0.25, 0.3) is 11.5 Å². The molecule has 1 atom stereocenters. The Morgan fingerprint density at radius 2 is 1.67 bits per heavy atom. The van der Waals surface area contributed by atoms with Gasteiger partial charge in [0.2, 0.25) is 0 Å².